The van der Waals surface area contributed by atoms with Crippen molar-refractivity contribution in [3.63, 3.8) is 0 Å². The van der Waals surface area contributed by atoms with Gasteiger partial charge in [0.1, 0.15) is 6.04 Å². The second kappa shape index (κ2) is 5.76. The Morgan fingerprint density at radius 2 is 1.81 bits per heavy atom. The van der Waals surface area contributed by atoms with Crippen molar-refractivity contribution >= 4 is 12.0 Å². The zero-order valence-corrected chi connectivity index (χ0v) is 11.9. The lowest BCUT2D eigenvalue weighted by molar-refractivity contribution is -0.142. The van der Waals surface area contributed by atoms with Gasteiger partial charge in [-0.25, -0.2) is 9.59 Å². The van der Waals surface area contributed by atoms with Gasteiger partial charge in [-0.1, -0.05) is 37.1 Å². The highest BCUT2D eigenvalue weighted by Gasteiger charge is 2.35. The first-order valence-corrected chi connectivity index (χ1v) is 7.52. The van der Waals surface area contributed by atoms with Gasteiger partial charge in [0.25, 0.3) is 0 Å². The summed E-state index contributed by atoms with van der Waals surface area (Å²) >= 11 is 0. The van der Waals surface area contributed by atoms with Gasteiger partial charge in [0.2, 0.25) is 0 Å². The Kier molecular flexibility index (Phi) is 3.82. The molecule has 5 heteroatoms. The smallest absolute Gasteiger partial charge is 0.326 e. The van der Waals surface area contributed by atoms with Crippen LogP contribution in [0.15, 0.2) is 24.3 Å². The number of urea groups is 1. The number of hydrogen-bond acceptors (Lipinski definition) is 2. The minimum Gasteiger partial charge on any atom is -0.480 e. The third kappa shape index (κ3) is 2.86. The summed E-state index contributed by atoms with van der Waals surface area (Å²) in [4.78, 5) is 25.4. The molecule has 2 aliphatic rings. The average molecular weight is 288 g/mol. The first-order valence-electron chi connectivity index (χ1n) is 7.52. The normalized spacial score (nSPS) is 21.9. The summed E-state index contributed by atoms with van der Waals surface area (Å²) in [5.74, 6) is -0.939. The maximum absolute atomic E-state index is 12.4. The number of fused-ring (bicyclic) bond motifs is 1. The van der Waals surface area contributed by atoms with Gasteiger partial charge in [0.15, 0.2) is 0 Å². The largest absolute Gasteiger partial charge is 0.480 e. The van der Waals surface area contributed by atoms with Gasteiger partial charge in [-0.3, -0.25) is 0 Å². The standard InChI is InChI=1S/C16H20N2O3/c19-15(20)14-9-11-5-1-2-6-12(11)10-18(14)16(21)17-13-7-3-4-8-13/h1-2,5-6,13-14H,3-4,7-10H2,(H,17,21)(H,19,20)/t14-/m0/s1. The molecule has 112 valence electrons. The molecular formula is C16H20N2O3. The quantitative estimate of drug-likeness (QED) is 0.876. The van der Waals surface area contributed by atoms with Crippen molar-refractivity contribution in [2.45, 2.75) is 50.7 Å². The van der Waals surface area contributed by atoms with Crippen LogP contribution in [-0.4, -0.2) is 34.1 Å². The first kappa shape index (κ1) is 13.9. The molecule has 0 bridgehead atoms. The number of carbonyl (C=O) groups is 2. The maximum Gasteiger partial charge on any atom is 0.326 e. The highest BCUT2D eigenvalue weighted by Crippen LogP contribution is 2.24. The number of nitrogens with one attached hydrogen (secondary N) is 1. The third-order valence-corrected chi connectivity index (χ3v) is 4.48. The van der Waals surface area contributed by atoms with Gasteiger partial charge < -0.3 is 15.3 Å². The van der Waals surface area contributed by atoms with Crippen molar-refractivity contribution in [2.75, 3.05) is 0 Å². The molecule has 1 aromatic carbocycles. The second-order valence-electron chi connectivity index (χ2n) is 5.89. The van der Waals surface area contributed by atoms with E-state index >= 15 is 0 Å². The number of carboxylic acids is 1. The summed E-state index contributed by atoms with van der Waals surface area (Å²) in [6.45, 7) is 0.367. The number of amides is 2. The van der Waals surface area contributed by atoms with Gasteiger partial charge in [-0.15, -0.1) is 0 Å². The molecule has 0 spiro atoms. The van der Waals surface area contributed by atoms with Crippen LogP contribution in [0.4, 0.5) is 4.79 Å². The average Bonchev–Trinajstić information content (AvgIpc) is 2.98. The molecule has 0 unspecified atom stereocenters. The Bertz CT molecular complexity index is 552. The van der Waals surface area contributed by atoms with Crippen molar-refractivity contribution in [3.8, 4) is 0 Å². The molecule has 2 N–H and O–H groups in total. The number of carboxylic acid groups (broad SMARTS) is 1. The van der Waals surface area contributed by atoms with Crippen LogP contribution >= 0.6 is 0 Å². The van der Waals surface area contributed by atoms with Crippen LogP contribution in [0.1, 0.15) is 36.8 Å². The van der Waals surface area contributed by atoms with Crippen LogP contribution in [0, 0.1) is 0 Å². The Morgan fingerprint density at radius 3 is 2.48 bits per heavy atom. The Hall–Kier alpha value is -2.04. The molecule has 1 aliphatic heterocycles. The first-order chi connectivity index (χ1) is 10.1. The summed E-state index contributed by atoms with van der Waals surface area (Å²) < 4.78 is 0. The number of rotatable bonds is 2. The highest BCUT2D eigenvalue weighted by atomic mass is 16.4. The van der Waals surface area contributed by atoms with E-state index in [1.54, 1.807) is 0 Å². The molecule has 3 rings (SSSR count). The Labute approximate surface area is 123 Å². The van der Waals surface area contributed by atoms with E-state index < -0.39 is 12.0 Å². The van der Waals surface area contributed by atoms with E-state index in [0.717, 1.165) is 36.8 Å². The molecule has 1 aliphatic carbocycles. The van der Waals surface area contributed by atoms with E-state index in [9.17, 15) is 14.7 Å². The molecule has 21 heavy (non-hydrogen) atoms. The number of nitrogens with zero attached hydrogens (tertiary/aromatic N) is 1. The zero-order chi connectivity index (χ0) is 14.8. The number of benzene rings is 1. The number of aliphatic carboxylic acids is 1. The monoisotopic (exact) mass is 288 g/mol. The third-order valence-electron chi connectivity index (χ3n) is 4.48. The van der Waals surface area contributed by atoms with Crippen LogP contribution in [0.2, 0.25) is 0 Å². The number of carbonyl (C=O) groups excluding carboxylic acids is 1. The van der Waals surface area contributed by atoms with E-state index in [2.05, 4.69) is 5.32 Å². The lowest BCUT2D eigenvalue weighted by atomic mass is 9.94. The topological polar surface area (TPSA) is 69.6 Å². The molecule has 0 aromatic heterocycles. The molecular weight excluding hydrogens is 268 g/mol. The van der Waals surface area contributed by atoms with Crippen molar-refractivity contribution in [3.05, 3.63) is 35.4 Å². The summed E-state index contributed by atoms with van der Waals surface area (Å²) in [7, 11) is 0. The summed E-state index contributed by atoms with van der Waals surface area (Å²) in [6.07, 6.45) is 4.64. The molecule has 1 fully saturated rings. The lowest BCUT2D eigenvalue weighted by Gasteiger charge is -2.35. The molecule has 0 radical (unpaired) electrons. The van der Waals surface area contributed by atoms with Gasteiger partial charge in [0.05, 0.1) is 0 Å². The summed E-state index contributed by atoms with van der Waals surface area (Å²) in [5, 5.41) is 12.4. The minimum atomic E-state index is -0.939. The van der Waals surface area contributed by atoms with Crippen molar-refractivity contribution in [2.24, 2.45) is 0 Å². The Balaban J connectivity index is 1.78. The fraction of sp³-hybridized carbons (Fsp3) is 0.500. The van der Waals surface area contributed by atoms with Gasteiger partial charge in [-0.05, 0) is 24.0 Å². The van der Waals surface area contributed by atoms with Crippen molar-refractivity contribution in [1.82, 2.24) is 10.2 Å². The molecule has 1 aromatic rings. The summed E-state index contributed by atoms with van der Waals surface area (Å²) in [5.41, 5.74) is 2.06. The van der Waals surface area contributed by atoms with E-state index in [1.807, 2.05) is 24.3 Å². The maximum atomic E-state index is 12.4. The number of hydrogen-bond donors (Lipinski definition) is 2. The van der Waals surface area contributed by atoms with E-state index in [4.69, 9.17) is 0 Å². The molecule has 1 saturated carbocycles. The van der Waals surface area contributed by atoms with E-state index in [0.29, 0.717) is 13.0 Å². The Morgan fingerprint density at radius 1 is 1.14 bits per heavy atom. The van der Waals surface area contributed by atoms with E-state index in [-0.39, 0.29) is 12.1 Å². The van der Waals surface area contributed by atoms with Gasteiger partial charge >= 0.3 is 12.0 Å². The van der Waals surface area contributed by atoms with Crippen LogP contribution < -0.4 is 5.32 Å². The molecule has 2 amide bonds. The highest BCUT2D eigenvalue weighted by molar-refractivity contribution is 5.83. The molecule has 1 heterocycles. The van der Waals surface area contributed by atoms with Gasteiger partial charge in [0, 0.05) is 19.0 Å². The second-order valence-corrected chi connectivity index (χ2v) is 5.89. The predicted octanol–water partition coefficient (Wildman–Crippen LogP) is 2.15. The lowest BCUT2D eigenvalue weighted by Crippen LogP contribution is -2.53. The zero-order valence-electron chi connectivity index (χ0n) is 11.9. The summed E-state index contributed by atoms with van der Waals surface area (Å²) in [6, 6.07) is 6.91. The SMILES string of the molecule is O=C(O)[C@@H]1Cc2ccccc2CN1C(=O)NC1CCCC1. The van der Waals surface area contributed by atoms with E-state index in [1.165, 1.54) is 4.90 Å². The molecule has 5 nitrogen and oxygen atoms in total. The fourth-order valence-electron chi connectivity index (χ4n) is 3.28. The van der Waals surface area contributed by atoms with Gasteiger partial charge in [-0.2, -0.15) is 0 Å². The fourth-order valence-corrected chi connectivity index (χ4v) is 3.28. The molecule has 0 saturated heterocycles. The van der Waals surface area contributed by atoms with Crippen molar-refractivity contribution < 1.29 is 14.7 Å². The minimum absolute atomic E-state index is 0.198. The predicted molar refractivity (Wildman–Crippen MR) is 77.9 cm³/mol. The van der Waals surface area contributed by atoms with Crippen molar-refractivity contribution in [1.29, 1.82) is 0 Å². The van der Waals surface area contributed by atoms with Crippen LogP contribution in [-0.2, 0) is 17.8 Å². The van der Waals surface area contributed by atoms with Crippen LogP contribution in [0.5, 0.6) is 0 Å². The van der Waals surface area contributed by atoms with Crippen LogP contribution in [0.25, 0.3) is 0 Å². The molecule has 1 atom stereocenters. The van der Waals surface area contributed by atoms with Crippen LogP contribution in [0.3, 0.4) is 0 Å².